The fourth-order valence-corrected chi connectivity index (χ4v) is 4.11. The quantitative estimate of drug-likeness (QED) is 0.722. The van der Waals surface area contributed by atoms with E-state index < -0.39 is 0 Å². The molecule has 0 spiro atoms. The van der Waals surface area contributed by atoms with Gasteiger partial charge in [0.05, 0.1) is 11.7 Å². The van der Waals surface area contributed by atoms with Crippen LogP contribution in [0.15, 0.2) is 52.8 Å². The number of amides is 1. The van der Waals surface area contributed by atoms with Gasteiger partial charge in [0.1, 0.15) is 5.69 Å². The normalized spacial score (nSPS) is 24.9. The van der Waals surface area contributed by atoms with Crippen LogP contribution in [0.2, 0.25) is 0 Å². The van der Waals surface area contributed by atoms with Crippen molar-refractivity contribution in [1.82, 2.24) is 31.3 Å². The van der Waals surface area contributed by atoms with Gasteiger partial charge in [0.25, 0.3) is 5.91 Å². The summed E-state index contributed by atoms with van der Waals surface area (Å²) in [6.45, 7) is 2.18. The van der Waals surface area contributed by atoms with Gasteiger partial charge in [0.15, 0.2) is 0 Å². The van der Waals surface area contributed by atoms with Crippen LogP contribution in [0.3, 0.4) is 0 Å². The Balaban J connectivity index is 1.14. The van der Waals surface area contributed by atoms with Gasteiger partial charge in [0, 0.05) is 42.9 Å². The fourth-order valence-electron chi connectivity index (χ4n) is 4.11. The van der Waals surface area contributed by atoms with E-state index in [0.717, 1.165) is 31.5 Å². The molecule has 0 unspecified atom stereocenters. The first-order valence-electron chi connectivity index (χ1n) is 9.69. The van der Waals surface area contributed by atoms with Crippen molar-refractivity contribution in [2.45, 2.75) is 24.9 Å². The lowest BCUT2D eigenvalue weighted by Crippen LogP contribution is -2.59. The fraction of sp³-hybridized carbons (Fsp3) is 0.400. The molecule has 2 fully saturated rings. The van der Waals surface area contributed by atoms with E-state index in [1.807, 2.05) is 30.3 Å². The van der Waals surface area contributed by atoms with Crippen molar-refractivity contribution in [3.63, 3.8) is 0 Å². The third-order valence-electron chi connectivity index (χ3n) is 5.78. The predicted molar refractivity (Wildman–Crippen MR) is 103 cm³/mol. The van der Waals surface area contributed by atoms with Crippen LogP contribution >= 0.6 is 0 Å². The Labute approximate surface area is 163 Å². The summed E-state index contributed by atoms with van der Waals surface area (Å²) in [4.78, 5) is 14.8. The Morgan fingerprint density at radius 3 is 2.79 bits per heavy atom. The van der Waals surface area contributed by atoms with Gasteiger partial charge < -0.3 is 20.2 Å². The number of carbonyl (C=O) groups excluding carboxylic acids is 1. The van der Waals surface area contributed by atoms with Crippen LogP contribution in [-0.4, -0.2) is 53.2 Å². The van der Waals surface area contributed by atoms with Gasteiger partial charge in [-0.05, 0) is 19.9 Å². The number of rotatable bonds is 5. The smallest absolute Gasteiger partial charge is 0.290 e. The molecule has 3 aliphatic rings. The summed E-state index contributed by atoms with van der Waals surface area (Å²) in [6.07, 6.45) is 3.86. The number of hydrogen-bond acceptors (Lipinski definition) is 7. The molecule has 8 heteroatoms. The SMILES string of the molecule is CN1CC(C2=CNNN2[C@H]2C[C@H](NC(=O)c3cc(-c4ccccc4)no3)C2)C1. The highest BCUT2D eigenvalue weighted by Crippen LogP contribution is 2.33. The summed E-state index contributed by atoms with van der Waals surface area (Å²) in [5.74, 6) is 0.620. The van der Waals surface area contributed by atoms with E-state index in [2.05, 4.69) is 44.6 Å². The van der Waals surface area contributed by atoms with E-state index >= 15 is 0 Å². The maximum absolute atomic E-state index is 12.5. The maximum Gasteiger partial charge on any atom is 0.290 e. The molecule has 2 aliphatic heterocycles. The number of benzene rings is 1. The first-order valence-corrected chi connectivity index (χ1v) is 9.69. The molecule has 8 nitrogen and oxygen atoms in total. The minimum Gasteiger partial charge on any atom is -0.350 e. The van der Waals surface area contributed by atoms with Gasteiger partial charge in [-0.1, -0.05) is 35.5 Å². The standard InChI is InChI=1S/C20H24N6O2/c1-25-11-14(12-25)18-10-21-24-26(18)16-7-15(8-16)22-20(27)19-9-17(23-28-19)13-5-3-2-4-6-13/h2-6,9-10,14-16,21,24H,7-8,11-12H2,1H3,(H,22,27)/t15-,16-. The molecular formula is C20H24N6O2. The van der Waals surface area contributed by atoms with Crippen molar-refractivity contribution in [2.24, 2.45) is 5.92 Å². The van der Waals surface area contributed by atoms with Crippen LogP contribution < -0.4 is 16.3 Å². The number of aromatic nitrogens is 1. The Morgan fingerprint density at radius 2 is 2.04 bits per heavy atom. The lowest BCUT2D eigenvalue weighted by Gasteiger charge is -2.46. The van der Waals surface area contributed by atoms with E-state index in [0.29, 0.717) is 17.7 Å². The molecule has 5 rings (SSSR count). The van der Waals surface area contributed by atoms with Gasteiger partial charge in [-0.15, -0.1) is 5.53 Å². The Bertz CT molecular complexity index is 883. The number of carbonyl (C=O) groups is 1. The Kier molecular flexibility index (Phi) is 4.29. The number of nitrogens with one attached hydrogen (secondary N) is 3. The summed E-state index contributed by atoms with van der Waals surface area (Å²) >= 11 is 0. The average molecular weight is 380 g/mol. The lowest BCUT2D eigenvalue weighted by atomic mass is 9.84. The predicted octanol–water partition coefficient (Wildman–Crippen LogP) is 1.33. The van der Waals surface area contributed by atoms with Crippen molar-refractivity contribution in [2.75, 3.05) is 20.1 Å². The van der Waals surface area contributed by atoms with Crippen molar-refractivity contribution >= 4 is 5.91 Å². The third kappa shape index (κ3) is 3.14. The minimum absolute atomic E-state index is 0.149. The second-order valence-electron chi connectivity index (χ2n) is 7.85. The zero-order valence-electron chi connectivity index (χ0n) is 15.8. The molecular weight excluding hydrogens is 356 g/mol. The highest BCUT2D eigenvalue weighted by Gasteiger charge is 2.41. The summed E-state index contributed by atoms with van der Waals surface area (Å²) in [7, 11) is 2.14. The Morgan fingerprint density at radius 1 is 1.25 bits per heavy atom. The van der Waals surface area contributed by atoms with Crippen molar-refractivity contribution in [3.8, 4) is 11.3 Å². The molecule has 28 heavy (non-hydrogen) atoms. The molecule has 3 heterocycles. The van der Waals surface area contributed by atoms with Crippen LogP contribution in [0, 0.1) is 5.92 Å². The Hall–Kier alpha value is -2.84. The molecule has 2 aromatic rings. The van der Waals surface area contributed by atoms with Crippen LogP contribution in [0.4, 0.5) is 0 Å². The largest absolute Gasteiger partial charge is 0.350 e. The highest BCUT2D eigenvalue weighted by atomic mass is 16.5. The van der Waals surface area contributed by atoms with Crippen molar-refractivity contribution in [1.29, 1.82) is 0 Å². The van der Waals surface area contributed by atoms with E-state index in [9.17, 15) is 4.79 Å². The molecule has 1 saturated carbocycles. The van der Waals surface area contributed by atoms with E-state index in [-0.39, 0.29) is 17.7 Å². The molecule has 0 atom stereocenters. The number of hydrogen-bond donors (Lipinski definition) is 3. The van der Waals surface area contributed by atoms with Crippen LogP contribution in [-0.2, 0) is 0 Å². The molecule has 1 aromatic carbocycles. The molecule has 0 bridgehead atoms. The highest BCUT2D eigenvalue weighted by molar-refractivity contribution is 5.92. The van der Waals surface area contributed by atoms with E-state index in [1.165, 1.54) is 5.70 Å². The molecule has 1 aliphatic carbocycles. The van der Waals surface area contributed by atoms with Gasteiger partial charge in [-0.2, -0.15) is 0 Å². The zero-order chi connectivity index (χ0) is 19.1. The van der Waals surface area contributed by atoms with Gasteiger partial charge in [-0.25, -0.2) is 0 Å². The molecule has 146 valence electrons. The van der Waals surface area contributed by atoms with E-state index in [1.54, 1.807) is 6.07 Å². The van der Waals surface area contributed by atoms with Crippen LogP contribution in [0.1, 0.15) is 23.4 Å². The molecule has 3 N–H and O–H groups in total. The molecule has 1 aromatic heterocycles. The van der Waals surface area contributed by atoms with Gasteiger partial charge in [-0.3, -0.25) is 9.80 Å². The van der Waals surface area contributed by atoms with Crippen molar-refractivity contribution in [3.05, 3.63) is 54.1 Å². The number of hydrazine groups is 2. The zero-order valence-corrected chi connectivity index (χ0v) is 15.8. The topological polar surface area (TPSA) is 85.7 Å². The number of nitrogens with zero attached hydrogens (tertiary/aromatic N) is 3. The van der Waals surface area contributed by atoms with E-state index in [4.69, 9.17) is 4.52 Å². The summed E-state index contributed by atoms with van der Waals surface area (Å²) in [5.41, 5.74) is 9.27. The first kappa shape index (κ1) is 17.3. The van der Waals surface area contributed by atoms with Gasteiger partial charge >= 0.3 is 0 Å². The van der Waals surface area contributed by atoms with Crippen molar-refractivity contribution < 1.29 is 9.32 Å². The second-order valence-corrected chi connectivity index (χ2v) is 7.85. The molecule has 1 amide bonds. The lowest BCUT2D eigenvalue weighted by molar-refractivity contribution is 0.0472. The average Bonchev–Trinajstić information content (AvgIpc) is 3.32. The molecule has 1 saturated heterocycles. The maximum atomic E-state index is 12.5. The van der Waals surface area contributed by atoms with Crippen LogP contribution in [0.5, 0.6) is 0 Å². The summed E-state index contributed by atoms with van der Waals surface area (Å²) in [6, 6.07) is 11.9. The minimum atomic E-state index is -0.206. The van der Waals surface area contributed by atoms with Gasteiger partial charge in [0.2, 0.25) is 5.76 Å². The van der Waals surface area contributed by atoms with Crippen LogP contribution in [0.25, 0.3) is 11.3 Å². The monoisotopic (exact) mass is 380 g/mol. The third-order valence-corrected chi connectivity index (χ3v) is 5.78. The molecule has 0 radical (unpaired) electrons. The summed E-state index contributed by atoms with van der Waals surface area (Å²) < 4.78 is 5.25. The number of likely N-dealkylation sites (tertiary alicyclic amines) is 1. The first-order chi connectivity index (χ1) is 13.7. The second kappa shape index (κ2) is 6.96. The summed E-state index contributed by atoms with van der Waals surface area (Å²) in [5, 5.41) is 9.29.